The quantitative estimate of drug-likeness (QED) is 0.618. The highest BCUT2D eigenvalue weighted by atomic mass is 35.5. The van der Waals surface area contributed by atoms with E-state index in [0.29, 0.717) is 27.6 Å². The van der Waals surface area contributed by atoms with Gasteiger partial charge in [0.1, 0.15) is 11.5 Å². The minimum atomic E-state index is -0.506. The van der Waals surface area contributed by atoms with Crippen molar-refractivity contribution in [3.8, 4) is 5.75 Å². The van der Waals surface area contributed by atoms with E-state index in [0.717, 1.165) is 11.3 Å². The third-order valence-corrected chi connectivity index (χ3v) is 4.07. The molecule has 0 radical (unpaired) electrons. The Morgan fingerprint density at radius 1 is 1.16 bits per heavy atom. The van der Waals surface area contributed by atoms with Crippen molar-refractivity contribution in [1.82, 2.24) is 0 Å². The Bertz CT molecular complexity index is 871. The summed E-state index contributed by atoms with van der Waals surface area (Å²) in [5.74, 6) is 0.0593. The van der Waals surface area contributed by atoms with Crippen LogP contribution in [-0.4, -0.2) is 32.9 Å². The van der Waals surface area contributed by atoms with Crippen LogP contribution in [0.5, 0.6) is 5.75 Å². The highest BCUT2D eigenvalue weighted by Gasteiger charge is 2.29. The first kappa shape index (κ1) is 17.0. The number of rotatable bonds is 4. The molecule has 0 unspecified atom stereocenters. The molecular formula is C19H17ClN2O3. The van der Waals surface area contributed by atoms with Crippen molar-refractivity contribution in [3.63, 3.8) is 0 Å². The third-order valence-electron chi connectivity index (χ3n) is 3.83. The molecule has 25 heavy (non-hydrogen) atoms. The highest BCUT2D eigenvalue weighted by Crippen LogP contribution is 2.29. The largest absolute Gasteiger partial charge is 0.496 e. The number of halogens is 1. The van der Waals surface area contributed by atoms with E-state index >= 15 is 0 Å². The number of ether oxygens (including phenoxy) is 1. The maximum atomic E-state index is 12.1. The van der Waals surface area contributed by atoms with E-state index in [2.05, 4.69) is 5.16 Å². The van der Waals surface area contributed by atoms with Crippen LogP contribution in [0.1, 0.15) is 11.1 Å². The molecule has 0 N–H and O–H groups in total. The van der Waals surface area contributed by atoms with Crippen molar-refractivity contribution in [2.75, 3.05) is 26.1 Å². The molecule has 128 valence electrons. The van der Waals surface area contributed by atoms with Crippen molar-refractivity contribution in [2.24, 2.45) is 5.16 Å². The molecule has 0 bridgehead atoms. The van der Waals surface area contributed by atoms with Gasteiger partial charge < -0.3 is 14.5 Å². The minimum absolute atomic E-state index is 0.359. The van der Waals surface area contributed by atoms with Gasteiger partial charge in [0.15, 0.2) is 0 Å². The Morgan fingerprint density at radius 2 is 1.88 bits per heavy atom. The molecule has 0 aliphatic carbocycles. The standard InChI is InChI=1S/C19H17ClN2O3/c1-22(2)14-7-4-12(5-8-14)10-16-18(21-25-19(16)23)15-11-13(20)6-9-17(15)24-3/h4-11H,1-3H3/b16-10+. The van der Waals surface area contributed by atoms with Crippen LogP contribution in [0.4, 0.5) is 5.69 Å². The molecule has 0 fully saturated rings. The fourth-order valence-corrected chi connectivity index (χ4v) is 2.68. The predicted molar refractivity (Wildman–Crippen MR) is 99.4 cm³/mol. The van der Waals surface area contributed by atoms with Crippen LogP contribution in [0, 0.1) is 0 Å². The van der Waals surface area contributed by atoms with Crippen LogP contribution in [0.3, 0.4) is 0 Å². The summed E-state index contributed by atoms with van der Waals surface area (Å²) >= 11 is 6.08. The number of carbonyl (C=O) groups is 1. The van der Waals surface area contributed by atoms with Gasteiger partial charge in [-0.2, -0.15) is 0 Å². The van der Waals surface area contributed by atoms with Crippen molar-refractivity contribution >= 4 is 35.0 Å². The average molecular weight is 357 g/mol. The van der Waals surface area contributed by atoms with Crippen LogP contribution in [0.2, 0.25) is 5.02 Å². The average Bonchev–Trinajstić information content (AvgIpc) is 2.96. The van der Waals surface area contributed by atoms with E-state index in [4.69, 9.17) is 21.2 Å². The zero-order chi connectivity index (χ0) is 18.0. The zero-order valence-electron chi connectivity index (χ0n) is 14.1. The second-order valence-electron chi connectivity index (χ2n) is 5.71. The van der Waals surface area contributed by atoms with Crippen molar-refractivity contribution in [2.45, 2.75) is 0 Å². The molecule has 0 spiro atoms. The van der Waals surface area contributed by atoms with Crippen molar-refractivity contribution in [1.29, 1.82) is 0 Å². The van der Waals surface area contributed by atoms with Gasteiger partial charge in [0.2, 0.25) is 0 Å². The Labute approximate surface area is 151 Å². The fraction of sp³-hybridized carbons (Fsp3) is 0.158. The van der Waals surface area contributed by atoms with Gasteiger partial charge in [-0.15, -0.1) is 0 Å². The zero-order valence-corrected chi connectivity index (χ0v) is 14.9. The monoisotopic (exact) mass is 356 g/mol. The molecule has 2 aromatic rings. The maximum Gasteiger partial charge on any atom is 0.368 e. The molecule has 0 saturated heterocycles. The second kappa shape index (κ2) is 6.99. The van der Waals surface area contributed by atoms with Gasteiger partial charge in [0.25, 0.3) is 0 Å². The second-order valence-corrected chi connectivity index (χ2v) is 6.14. The van der Waals surface area contributed by atoms with E-state index < -0.39 is 5.97 Å². The van der Waals surface area contributed by atoms with Gasteiger partial charge in [-0.05, 0) is 42.0 Å². The Hall–Kier alpha value is -2.79. The summed E-state index contributed by atoms with van der Waals surface area (Å²) in [4.78, 5) is 19.0. The van der Waals surface area contributed by atoms with Crippen LogP contribution < -0.4 is 9.64 Å². The molecule has 0 saturated carbocycles. The molecule has 0 atom stereocenters. The number of oxime groups is 1. The fourth-order valence-electron chi connectivity index (χ4n) is 2.50. The molecule has 3 rings (SSSR count). The molecule has 1 heterocycles. The summed E-state index contributed by atoms with van der Waals surface area (Å²) in [6.07, 6.45) is 1.74. The number of anilines is 1. The van der Waals surface area contributed by atoms with Crippen molar-refractivity contribution in [3.05, 3.63) is 64.2 Å². The SMILES string of the molecule is COc1ccc(Cl)cc1C1=NOC(=O)/C1=C/c1ccc(N(C)C)cc1. The number of benzene rings is 2. The van der Waals surface area contributed by atoms with Gasteiger partial charge in [-0.3, -0.25) is 0 Å². The van der Waals surface area contributed by atoms with Crippen LogP contribution in [0.15, 0.2) is 53.2 Å². The molecule has 6 heteroatoms. The topological polar surface area (TPSA) is 51.1 Å². The van der Waals surface area contributed by atoms with Crippen LogP contribution in [-0.2, 0) is 9.63 Å². The molecule has 2 aromatic carbocycles. The lowest BCUT2D eigenvalue weighted by atomic mass is 9.99. The van der Waals surface area contributed by atoms with Gasteiger partial charge in [0, 0.05) is 30.4 Å². The molecular weight excluding hydrogens is 340 g/mol. The van der Waals surface area contributed by atoms with Gasteiger partial charge in [-0.1, -0.05) is 28.9 Å². The van der Waals surface area contributed by atoms with E-state index in [1.807, 2.05) is 43.3 Å². The maximum absolute atomic E-state index is 12.1. The smallest absolute Gasteiger partial charge is 0.368 e. The number of methoxy groups -OCH3 is 1. The minimum Gasteiger partial charge on any atom is -0.496 e. The number of hydrogen-bond acceptors (Lipinski definition) is 5. The van der Waals surface area contributed by atoms with E-state index in [9.17, 15) is 4.79 Å². The Kier molecular flexibility index (Phi) is 4.76. The van der Waals surface area contributed by atoms with Gasteiger partial charge >= 0.3 is 5.97 Å². The van der Waals surface area contributed by atoms with E-state index in [1.165, 1.54) is 0 Å². The molecule has 0 aromatic heterocycles. The highest BCUT2D eigenvalue weighted by molar-refractivity contribution is 6.34. The molecule has 0 amide bonds. The summed E-state index contributed by atoms with van der Waals surface area (Å²) in [5, 5.41) is 4.43. The summed E-state index contributed by atoms with van der Waals surface area (Å²) in [7, 11) is 5.49. The van der Waals surface area contributed by atoms with E-state index in [1.54, 1.807) is 31.4 Å². The Morgan fingerprint density at radius 3 is 2.52 bits per heavy atom. The summed E-state index contributed by atoms with van der Waals surface area (Å²) in [6.45, 7) is 0. The number of carbonyl (C=O) groups excluding carboxylic acids is 1. The first-order valence-corrected chi connectivity index (χ1v) is 8.00. The Balaban J connectivity index is 2.01. The summed E-state index contributed by atoms with van der Waals surface area (Å²) < 4.78 is 5.35. The molecule has 1 aliphatic heterocycles. The van der Waals surface area contributed by atoms with Crippen LogP contribution >= 0.6 is 11.6 Å². The number of nitrogens with zero attached hydrogens (tertiary/aromatic N) is 2. The van der Waals surface area contributed by atoms with Crippen LogP contribution in [0.25, 0.3) is 6.08 Å². The summed E-state index contributed by atoms with van der Waals surface area (Å²) in [6, 6.07) is 13.0. The lowest BCUT2D eigenvalue weighted by molar-refractivity contribution is -0.136. The molecule has 5 nitrogen and oxygen atoms in total. The lowest BCUT2D eigenvalue weighted by Crippen LogP contribution is -2.09. The van der Waals surface area contributed by atoms with Crippen molar-refractivity contribution < 1.29 is 14.4 Å². The van der Waals surface area contributed by atoms with Gasteiger partial charge in [-0.25, -0.2) is 4.79 Å². The van der Waals surface area contributed by atoms with Gasteiger partial charge in [0.05, 0.1) is 12.7 Å². The first-order valence-electron chi connectivity index (χ1n) is 7.62. The normalized spacial score (nSPS) is 15.1. The predicted octanol–water partition coefficient (Wildman–Crippen LogP) is 3.76. The lowest BCUT2D eigenvalue weighted by Gasteiger charge is -2.12. The summed E-state index contributed by atoms with van der Waals surface area (Å²) in [5.41, 5.74) is 3.31. The third kappa shape index (κ3) is 3.51. The number of hydrogen-bond donors (Lipinski definition) is 0. The molecule has 1 aliphatic rings. The van der Waals surface area contributed by atoms with E-state index in [-0.39, 0.29) is 0 Å². The first-order chi connectivity index (χ1) is 12.0.